The zero-order valence-electron chi connectivity index (χ0n) is 14.5. The summed E-state index contributed by atoms with van der Waals surface area (Å²) in [6.07, 6.45) is -4.58. The van der Waals surface area contributed by atoms with Crippen molar-refractivity contribution in [2.75, 3.05) is 6.54 Å². The van der Waals surface area contributed by atoms with E-state index in [2.05, 4.69) is 19.2 Å². The smallest absolute Gasteiger partial charge is 0.350 e. The molecule has 0 saturated carbocycles. The average molecular weight is 387 g/mol. The number of halogens is 4. The van der Waals surface area contributed by atoms with Crippen LogP contribution in [0.3, 0.4) is 0 Å². The zero-order valence-corrected chi connectivity index (χ0v) is 15.3. The van der Waals surface area contributed by atoms with Crippen LogP contribution < -0.4 is 11.1 Å². The Labute approximate surface area is 157 Å². The van der Waals surface area contributed by atoms with Crippen molar-refractivity contribution in [1.29, 1.82) is 0 Å². The number of amides is 1. The Balaban J connectivity index is 0.00000338. The molecule has 0 aliphatic carbocycles. The van der Waals surface area contributed by atoms with Crippen LogP contribution in [-0.4, -0.2) is 12.5 Å². The molecule has 3 nitrogen and oxygen atoms in total. The van der Waals surface area contributed by atoms with Gasteiger partial charge in [0.1, 0.15) is 0 Å². The first-order valence-corrected chi connectivity index (χ1v) is 8.00. The monoisotopic (exact) mass is 386 g/mol. The third-order valence-electron chi connectivity index (χ3n) is 3.99. The predicted octanol–water partition coefficient (Wildman–Crippen LogP) is 4.68. The van der Waals surface area contributed by atoms with E-state index in [9.17, 15) is 18.0 Å². The Bertz CT molecular complexity index is 730. The van der Waals surface area contributed by atoms with Crippen LogP contribution in [0, 0.1) is 0 Å². The number of carbonyl (C=O) groups is 1. The van der Waals surface area contributed by atoms with Gasteiger partial charge < -0.3 is 11.1 Å². The molecule has 2 aromatic carbocycles. The third kappa shape index (κ3) is 5.47. The molecule has 142 valence electrons. The molecule has 0 spiro atoms. The Hall–Kier alpha value is -2.05. The highest BCUT2D eigenvalue weighted by atomic mass is 35.5. The van der Waals surface area contributed by atoms with Crippen molar-refractivity contribution >= 4 is 18.3 Å². The second-order valence-corrected chi connectivity index (χ2v) is 6.18. The predicted molar refractivity (Wildman–Crippen MR) is 98.5 cm³/mol. The molecule has 0 aromatic heterocycles. The fourth-order valence-electron chi connectivity index (χ4n) is 2.47. The van der Waals surface area contributed by atoms with Gasteiger partial charge in [0.25, 0.3) is 5.91 Å². The van der Waals surface area contributed by atoms with Gasteiger partial charge >= 0.3 is 6.18 Å². The highest BCUT2D eigenvalue weighted by Crippen LogP contribution is 2.31. The molecule has 1 unspecified atom stereocenters. The van der Waals surface area contributed by atoms with E-state index in [0.29, 0.717) is 5.92 Å². The van der Waals surface area contributed by atoms with Gasteiger partial charge in [-0.25, -0.2) is 0 Å². The van der Waals surface area contributed by atoms with E-state index in [-0.39, 0.29) is 19.0 Å². The van der Waals surface area contributed by atoms with Crippen LogP contribution in [0.1, 0.15) is 52.9 Å². The first kappa shape index (κ1) is 22.0. The molecule has 0 fully saturated rings. The molecular weight excluding hydrogens is 365 g/mol. The minimum atomic E-state index is -4.58. The number of benzene rings is 2. The lowest BCUT2D eigenvalue weighted by atomic mass is 9.99. The highest BCUT2D eigenvalue weighted by Gasteiger charge is 2.34. The van der Waals surface area contributed by atoms with Crippen LogP contribution in [0.15, 0.2) is 48.5 Å². The number of nitrogens with one attached hydrogen (secondary N) is 1. The molecule has 2 rings (SSSR count). The van der Waals surface area contributed by atoms with Crippen LogP contribution in [0.25, 0.3) is 0 Å². The molecular formula is C19H22ClF3N2O. The number of alkyl halides is 3. The van der Waals surface area contributed by atoms with Crippen LogP contribution in [-0.2, 0) is 6.18 Å². The van der Waals surface area contributed by atoms with E-state index in [1.54, 1.807) is 0 Å². The molecule has 0 heterocycles. The molecule has 0 saturated heterocycles. The topological polar surface area (TPSA) is 55.1 Å². The van der Waals surface area contributed by atoms with Gasteiger partial charge in [0.05, 0.1) is 11.1 Å². The van der Waals surface area contributed by atoms with Crippen LogP contribution in [0.2, 0.25) is 0 Å². The summed E-state index contributed by atoms with van der Waals surface area (Å²) < 4.78 is 38.9. The van der Waals surface area contributed by atoms with Gasteiger partial charge in [-0.05, 0) is 29.2 Å². The molecule has 1 amide bonds. The largest absolute Gasteiger partial charge is 0.417 e. The lowest BCUT2D eigenvalue weighted by Crippen LogP contribution is -2.33. The second kappa shape index (κ2) is 9.05. The molecule has 1 atom stereocenters. The standard InChI is InChI=1S/C19H21F3N2O.ClH/c1-12(2)13-7-9-14(10-8-13)17(23)11-24-18(25)15-5-3-4-6-16(15)19(20,21)22;/h3-10,12,17H,11,23H2,1-2H3,(H,24,25);1H. The van der Waals surface area contributed by atoms with Gasteiger partial charge in [0.2, 0.25) is 0 Å². The molecule has 3 N–H and O–H groups in total. The summed E-state index contributed by atoms with van der Waals surface area (Å²) in [4.78, 5) is 12.1. The van der Waals surface area contributed by atoms with E-state index in [1.807, 2.05) is 24.3 Å². The van der Waals surface area contributed by atoms with Gasteiger partial charge in [0.15, 0.2) is 0 Å². The van der Waals surface area contributed by atoms with Crippen molar-refractivity contribution in [2.24, 2.45) is 5.73 Å². The molecule has 2 aromatic rings. The van der Waals surface area contributed by atoms with Crippen LogP contribution in [0.5, 0.6) is 0 Å². The number of hydrogen-bond donors (Lipinski definition) is 2. The quantitative estimate of drug-likeness (QED) is 0.783. The van der Waals surface area contributed by atoms with E-state index in [1.165, 1.54) is 17.7 Å². The normalized spacial score (nSPS) is 12.4. The lowest BCUT2D eigenvalue weighted by molar-refractivity contribution is -0.137. The maximum Gasteiger partial charge on any atom is 0.417 e. The minimum Gasteiger partial charge on any atom is -0.350 e. The Morgan fingerprint density at radius 2 is 1.58 bits per heavy atom. The molecule has 7 heteroatoms. The van der Waals surface area contributed by atoms with Crippen molar-refractivity contribution in [3.8, 4) is 0 Å². The molecule has 0 bridgehead atoms. The van der Waals surface area contributed by atoms with Crippen LogP contribution >= 0.6 is 12.4 Å². The van der Waals surface area contributed by atoms with Crippen molar-refractivity contribution in [3.05, 3.63) is 70.8 Å². The minimum absolute atomic E-state index is 0. The Morgan fingerprint density at radius 1 is 1.04 bits per heavy atom. The summed E-state index contributed by atoms with van der Waals surface area (Å²) in [7, 11) is 0. The number of rotatable bonds is 5. The van der Waals surface area contributed by atoms with E-state index in [0.717, 1.165) is 17.7 Å². The lowest BCUT2D eigenvalue weighted by Gasteiger charge is -2.16. The second-order valence-electron chi connectivity index (χ2n) is 6.18. The van der Waals surface area contributed by atoms with E-state index >= 15 is 0 Å². The summed E-state index contributed by atoms with van der Waals surface area (Å²) in [5.74, 6) is -0.397. The van der Waals surface area contributed by atoms with Gasteiger partial charge in [-0.15, -0.1) is 12.4 Å². The van der Waals surface area contributed by atoms with E-state index in [4.69, 9.17) is 5.73 Å². The summed E-state index contributed by atoms with van der Waals surface area (Å²) in [6, 6.07) is 11.9. The number of carbonyl (C=O) groups excluding carboxylic acids is 1. The summed E-state index contributed by atoms with van der Waals surface area (Å²) in [6.45, 7) is 4.20. The first-order chi connectivity index (χ1) is 11.7. The first-order valence-electron chi connectivity index (χ1n) is 8.00. The number of nitrogens with two attached hydrogens (primary N) is 1. The molecule has 0 aliphatic rings. The third-order valence-corrected chi connectivity index (χ3v) is 3.99. The van der Waals surface area contributed by atoms with Crippen molar-refractivity contribution in [3.63, 3.8) is 0 Å². The number of hydrogen-bond acceptors (Lipinski definition) is 2. The van der Waals surface area contributed by atoms with Crippen molar-refractivity contribution in [1.82, 2.24) is 5.32 Å². The molecule has 0 radical (unpaired) electrons. The average Bonchev–Trinajstić information content (AvgIpc) is 2.58. The zero-order chi connectivity index (χ0) is 18.6. The maximum absolute atomic E-state index is 13.0. The van der Waals surface area contributed by atoms with Crippen LogP contribution in [0.4, 0.5) is 13.2 Å². The van der Waals surface area contributed by atoms with Gasteiger partial charge in [0, 0.05) is 12.6 Å². The molecule has 26 heavy (non-hydrogen) atoms. The van der Waals surface area contributed by atoms with Gasteiger partial charge in [-0.1, -0.05) is 50.2 Å². The summed E-state index contributed by atoms with van der Waals surface area (Å²) >= 11 is 0. The Morgan fingerprint density at radius 3 is 2.12 bits per heavy atom. The van der Waals surface area contributed by atoms with Gasteiger partial charge in [-0.3, -0.25) is 4.79 Å². The summed E-state index contributed by atoms with van der Waals surface area (Å²) in [5.41, 5.74) is 6.65. The fraction of sp³-hybridized carbons (Fsp3) is 0.316. The molecule has 0 aliphatic heterocycles. The fourth-order valence-corrected chi connectivity index (χ4v) is 2.47. The van der Waals surface area contributed by atoms with E-state index < -0.39 is 29.3 Å². The highest BCUT2D eigenvalue weighted by molar-refractivity contribution is 5.95. The SMILES string of the molecule is CC(C)c1ccc(C(N)CNC(=O)c2ccccc2C(F)(F)F)cc1.Cl. The van der Waals surface area contributed by atoms with Gasteiger partial charge in [-0.2, -0.15) is 13.2 Å². The Kier molecular flexibility index (Phi) is 7.66. The maximum atomic E-state index is 13.0. The summed E-state index contributed by atoms with van der Waals surface area (Å²) in [5, 5.41) is 2.48. The van der Waals surface area contributed by atoms with Crippen molar-refractivity contribution in [2.45, 2.75) is 32.0 Å². The van der Waals surface area contributed by atoms with Crippen molar-refractivity contribution < 1.29 is 18.0 Å².